The lowest BCUT2D eigenvalue weighted by molar-refractivity contribution is -0.139. The van der Waals surface area contributed by atoms with E-state index in [0.29, 0.717) is 5.56 Å². The van der Waals surface area contributed by atoms with E-state index in [0.717, 1.165) is 5.56 Å². The molecule has 0 unspecified atom stereocenters. The van der Waals surface area contributed by atoms with E-state index >= 15 is 0 Å². The fourth-order valence-corrected chi connectivity index (χ4v) is 1.97. The molecule has 6 N–H and O–H groups in total. The highest BCUT2D eigenvalue weighted by atomic mass is 19.1. The lowest BCUT2D eigenvalue weighted by Crippen LogP contribution is -2.32. The molecule has 2 rings (SSSR count). The SMILES string of the molecule is N[C@@H](Cc1ccc(F)cc1)C(=O)O.N[C@@H](Cc1cccc(F)c1)C(=O)O. The normalized spacial score (nSPS) is 12.5. The lowest BCUT2D eigenvalue weighted by Gasteiger charge is -2.05. The first-order valence-corrected chi connectivity index (χ1v) is 7.64. The third kappa shape index (κ3) is 7.82. The first-order valence-electron chi connectivity index (χ1n) is 7.64. The molecule has 0 amide bonds. The molecule has 0 fully saturated rings. The van der Waals surface area contributed by atoms with E-state index in [1.807, 2.05) is 0 Å². The van der Waals surface area contributed by atoms with Crippen molar-refractivity contribution in [3.05, 3.63) is 71.3 Å². The Balaban J connectivity index is 0.000000260. The van der Waals surface area contributed by atoms with E-state index in [-0.39, 0.29) is 24.5 Å². The van der Waals surface area contributed by atoms with E-state index in [4.69, 9.17) is 21.7 Å². The minimum Gasteiger partial charge on any atom is -0.480 e. The summed E-state index contributed by atoms with van der Waals surface area (Å²) in [6, 6.07) is 9.47. The molecule has 0 radical (unpaired) electrons. The van der Waals surface area contributed by atoms with E-state index < -0.39 is 24.0 Å². The summed E-state index contributed by atoms with van der Waals surface area (Å²) in [4.78, 5) is 20.7. The zero-order valence-corrected chi connectivity index (χ0v) is 13.8. The maximum Gasteiger partial charge on any atom is 0.320 e. The van der Waals surface area contributed by atoms with Gasteiger partial charge in [0.15, 0.2) is 0 Å². The highest BCUT2D eigenvalue weighted by molar-refractivity contribution is 5.73. The van der Waals surface area contributed by atoms with E-state index in [2.05, 4.69) is 0 Å². The molecule has 0 saturated heterocycles. The van der Waals surface area contributed by atoms with Crippen LogP contribution in [0.2, 0.25) is 0 Å². The van der Waals surface area contributed by atoms with Crippen LogP contribution in [0.15, 0.2) is 48.5 Å². The smallest absolute Gasteiger partial charge is 0.320 e. The van der Waals surface area contributed by atoms with Crippen LogP contribution in [0.5, 0.6) is 0 Å². The first-order chi connectivity index (χ1) is 12.2. The zero-order chi connectivity index (χ0) is 19.7. The van der Waals surface area contributed by atoms with E-state index in [1.165, 1.54) is 42.5 Å². The van der Waals surface area contributed by atoms with E-state index in [9.17, 15) is 18.4 Å². The molecule has 6 nitrogen and oxygen atoms in total. The summed E-state index contributed by atoms with van der Waals surface area (Å²) in [6.45, 7) is 0. The Kier molecular flexibility index (Phi) is 8.33. The molecular weight excluding hydrogens is 346 g/mol. The summed E-state index contributed by atoms with van der Waals surface area (Å²) >= 11 is 0. The maximum absolute atomic E-state index is 12.6. The third-order valence-electron chi connectivity index (χ3n) is 3.35. The molecule has 2 aromatic carbocycles. The van der Waals surface area contributed by atoms with Gasteiger partial charge in [0, 0.05) is 0 Å². The number of hydrogen-bond acceptors (Lipinski definition) is 4. The Bertz CT molecular complexity index is 738. The van der Waals surface area contributed by atoms with Crippen LogP contribution in [0.4, 0.5) is 8.78 Å². The predicted molar refractivity (Wildman–Crippen MR) is 91.4 cm³/mol. The van der Waals surface area contributed by atoms with Gasteiger partial charge in [0.2, 0.25) is 0 Å². The van der Waals surface area contributed by atoms with Crippen molar-refractivity contribution in [2.45, 2.75) is 24.9 Å². The summed E-state index contributed by atoms with van der Waals surface area (Å²) in [5.74, 6) is -2.85. The number of benzene rings is 2. The molecule has 0 saturated carbocycles. The van der Waals surface area contributed by atoms with Gasteiger partial charge in [0.25, 0.3) is 0 Å². The Hall–Kier alpha value is -2.84. The van der Waals surface area contributed by atoms with Crippen molar-refractivity contribution in [1.29, 1.82) is 0 Å². The monoisotopic (exact) mass is 366 g/mol. The molecule has 0 bridgehead atoms. The summed E-state index contributed by atoms with van der Waals surface area (Å²) in [6.07, 6.45) is 0.364. The highest BCUT2D eigenvalue weighted by Gasteiger charge is 2.12. The lowest BCUT2D eigenvalue weighted by atomic mass is 10.1. The van der Waals surface area contributed by atoms with Crippen molar-refractivity contribution >= 4 is 11.9 Å². The van der Waals surface area contributed by atoms with Gasteiger partial charge < -0.3 is 21.7 Å². The van der Waals surface area contributed by atoms with Gasteiger partial charge in [-0.25, -0.2) is 8.78 Å². The van der Waals surface area contributed by atoms with E-state index in [1.54, 1.807) is 6.07 Å². The molecule has 2 atom stereocenters. The Morgan fingerprint density at radius 2 is 1.31 bits per heavy atom. The van der Waals surface area contributed by atoms with Crippen molar-refractivity contribution < 1.29 is 28.6 Å². The fraction of sp³-hybridized carbons (Fsp3) is 0.222. The molecule has 0 heterocycles. The standard InChI is InChI=1S/2C9H10FNO2/c10-7-3-1-6(2-4-7)5-8(11)9(12)13;10-7-3-1-2-6(4-7)5-8(11)9(12)13/h2*1-4,8H,5,11H2,(H,12,13)/t2*8-/m00/s1. The number of hydrogen-bond donors (Lipinski definition) is 4. The number of halogens is 2. The molecule has 0 aliphatic carbocycles. The van der Waals surface area contributed by atoms with Crippen LogP contribution in [-0.4, -0.2) is 34.2 Å². The van der Waals surface area contributed by atoms with Crippen LogP contribution in [0.25, 0.3) is 0 Å². The van der Waals surface area contributed by atoms with Crippen molar-refractivity contribution in [2.24, 2.45) is 11.5 Å². The second kappa shape index (κ2) is 10.2. The summed E-state index contributed by atoms with van der Waals surface area (Å²) in [5, 5.41) is 17.0. The van der Waals surface area contributed by atoms with Crippen LogP contribution >= 0.6 is 0 Å². The fourth-order valence-electron chi connectivity index (χ4n) is 1.97. The average Bonchev–Trinajstić information content (AvgIpc) is 2.57. The average molecular weight is 366 g/mol. The Morgan fingerprint density at radius 3 is 1.77 bits per heavy atom. The summed E-state index contributed by atoms with van der Waals surface area (Å²) < 4.78 is 25.1. The quantitative estimate of drug-likeness (QED) is 0.614. The van der Waals surface area contributed by atoms with Crippen LogP contribution in [0.3, 0.4) is 0 Å². The molecule has 0 spiro atoms. The second-order valence-electron chi connectivity index (χ2n) is 5.55. The molecule has 0 aliphatic heterocycles. The van der Waals surface area contributed by atoms with Gasteiger partial charge in [0.1, 0.15) is 23.7 Å². The number of carbonyl (C=O) groups is 2. The highest BCUT2D eigenvalue weighted by Crippen LogP contribution is 2.06. The summed E-state index contributed by atoms with van der Waals surface area (Å²) in [5.41, 5.74) is 11.9. The summed E-state index contributed by atoms with van der Waals surface area (Å²) in [7, 11) is 0. The second-order valence-corrected chi connectivity index (χ2v) is 5.55. The van der Waals surface area contributed by atoms with Crippen molar-refractivity contribution in [3.8, 4) is 0 Å². The zero-order valence-electron chi connectivity index (χ0n) is 13.8. The molecule has 140 valence electrons. The Morgan fingerprint density at radius 1 is 0.808 bits per heavy atom. The number of nitrogens with two attached hydrogens (primary N) is 2. The number of aliphatic carboxylic acids is 2. The van der Waals surface area contributed by atoms with Gasteiger partial charge >= 0.3 is 11.9 Å². The minimum atomic E-state index is -1.08. The van der Waals surface area contributed by atoms with Gasteiger partial charge in [-0.1, -0.05) is 24.3 Å². The third-order valence-corrected chi connectivity index (χ3v) is 3.35. The van der Waals surface area contributed by atoms with Crippen LogP contribution < -0.4 is 11.5 Å². The molecule has 0 aliphatic rings. The van der Waals surface area contributed by atoms with Gasteiger partial charge in [-0.05, 0) is 48.2 Å². The molecule has 26 heavy (non-hydrogen) atoms. The van der Waals surface area contributed by atoms with Crippen LogP contribution in [0, 0.1) is 11.6 Å². The largest absolute Gasteiger partial charge is 0.480 e. The van der Waals surface area contributed by atoms with Gasteiger partial charge in [-0.2, -0.15) is 0 Å². The molecule has 2 aromatic rings. The van der Waals surface area contributed by atoms with Crippen LogP contribution in [0.1, 0.15) is 11.1 Å². The van der Waals surface area contributed by atoms with Crippen molar-refractivity contribution in [1.82, 2.24) is 0 Å². The van der Waals surface area contributed by atoms with Crippen LogP contribution in [-0.2, 0) is 22.4 Å². The van der Waals surface area contributed by atoms with Gasteiger partial charge in [-0.15, -0.1) is 0 Å². The topological polar surface area (TPSA) is 127 Å². The van der Waals surface area contributed by atoms with Crippen molar-refractivity contribution in [3.63, 3.8) is 0 Å². The van der Waals surface area contributed by atoms with Gasteiger partial charge in [0.05, 0.1) is 0 Å². The van der Waals surface area contributed by atoms with Crippen molar-refractivity contribution in [2.75, 3.05) is 0 Å². The molecular formula is C18H20F2N2O4. The van der Waals surface area contributed by atoms with Gasteiger partial charge in [-0.3, -0.25) is 9.59 Å². The first kappa shape index (κ1) is 21.2. The molecule has 8 heteroatoms. The Labute approximate surface area is 149 Å². The predicted octanol–water partition coefficient (Wildman–Crippen LogP) is 1.56. The number of rotatable bonds is 6. The number of carboxylic acids is 2. The number of carboxylic acid groups (broad SMARTS) is 2. The minimum absolute atomic E-state index is 0.146. The maximum atomic E-state index is 12.6. The molecule has 0 aromatic heterocycles.